The smallest absolute Gasteiger partial charge is 0.179 e. The van der Waals surface area contributed by atoms with Crippen LogP contribution in [0.5, 0.6) is 0 Å². The Kier molecular flexibility index (Phi) is 22.7. The Bertz CT molecular complexity index is 143. The van der Waals surface area contributed by atoms with Crippen molar-refractivity contribution in [1.29, 1.82) is 0 Å². The molecule has 0 aliphatic carbocycles. The fraction of sp³-hybridized carbons (Fsp3) is 1.00. The summed E-state index contributed by atoms with van der Waals surface area (Å²) in [4.78, 5) is 34.6. The van der Waals surface area contributed by atoms with Gasteiger partial charge in [-0.25, -0.2) is 0 Å². The van der Waals surface area contributed by atoms with Crippen LogP contribution in [-0.2, 0) is 26.2 Å². The maximum atomic E-state index is 8.66. The van der Waals surface area contributed by atoms with Gasteiger partial charge in [0.1, 0.15) is 0 Å². The standard InChI is InChI=1S/4C3H10OSi.Zr/c4*1-5(2,3)4;/h4*4H,1-3H3;. The van der Waals surface area contributed by atoms with Crippen molar-refractivity contribution < 1.29 is 45.4 Å². The first kappa shape index (κ1) is 34.0. The van der Waals surface area contributed by atoms with Gasteiger partial charge in [0.05, 0.1) is 0 Å². The molecule has 0 atom stereocenters. The quantitative estimate of drug-likeness (QED) is 0.426. The van der Waals surface area contributed by atoms with E-state index in [1.807, 2.05) is 78.6 Å². The van der Waals surface area contributed by atoms with E-state index in [1.54, 1.807) is 0 Å². The van der Waals surface area contributed by atoms with Gasteiger partial charge in [-0.1, -0.05) is 0 Å². The van der Waals surface area contributed by atoms with E-state index in [9.17, 15) is 0 Å². The van der Waals surface area contributed by atoms with Crippen molar-refractivity contribution >= 4 is 33.3 Å². The zero-order valence-electron chi connectivity index (χ0n) is 16.3. The molecule has 0 unspecified atom stereocenters. The van der Waals surface area contributed by atoms with Crippen molar-refractivity contribution in [2.24, 2.45) is 0 Å². The summed E-state index contributed by atoms with van der Waals surface area (Å²) in [6.07, 6.45) is 0. The Morgan fingerprint density at radius 3 is 0.333 bits per heavy atom. The molecule has 0 radical (unpaired) electrons. The van der Waals surface area contributed by atoms with Gasteiger partial charge < -0.3 is 19.2 Å². The van der Waals surface area contributed by atoms with Crippen molar-refractivity contribution in [1.82, 2.24) is 0 Å². The molecule has 132 valence electrons. The van der Waals surface area contributed by atoms with Crippen molar-refractivity contribution in [2.75, 3.05) is 0 Å². The summed E-state index contributed by atoms with van der Waals surface area (Å²) in [6, 6.07) is 0. The molecule has 0 aromatic heterocycles. The van der Waals surface area contributed by atoms with Crippen molar-refractivity contribution in [3.8, 4) is 0 Å². The molecule has 0 aromatic carbocycles. The van der Waals surface area contributed by atoms with Gasteiger partial charge in [0.25, 0.3) is 0 Å². The van der Waals surface area contributed by atoms with Crippen LogP contribution in [0, 0.1) is 0 Å². The van der Waals surface area contributed by atoms with Crippen LogP contribution in [-0.4, -0.2) is 52.5 Å². The first-order valence-electron chi connectivity index (χ1n) is 6.89. The van der Waals surface area contributed by atoms with Crippen LogP contribution < -0.4 is 0 Å². The van der Waals surface area contributed by atoms with Crippen LogP contribution in [0.15, 0.2) is 0 Å². The Balaban J connectivity index is -0.0000000533. The van der Waals surface area contributed by atoms with E-state index in [1.165, 1.54) is 0 Å². The third-order valence-corrected chi connectivity index (χ3v) is 0. The Morgan fingerprint density at radius 2 is 0.333 bits per heavy atom. The summed E-state index contributed by atoms with van der Waals surface area (Å²) < 4.78 is 0. The molecule has 0 saturated heterocycles. The minimum absolute atomic E-state index is 0. The molecule has 21 heavy (non-hydrogen) atoms. The van der Waals surface area contributed by atoms with Crippen LogP contribution >= 0.6 is 0 Å². The van der Waals surface area contributed by atoms with Crippen molar-refractivity contribution in [2.45, 2.75) is 78.6 Å². The molecule has 4 nitrogen and oxygen atoms in total. The van der Waals surface area contributed by atoms with Gasteiger partial charge in [-0.05, 0) is 78.6 Å². The van der Waals surface area contributed by atoms with Crippen LogP contribution in [0.3, 0.4) is 0 Å². The molecule has 0 amide bonds. The molecule has 4 N–H and O–H groups in total. The third kappa shape index (κ3) is 3280. The summed E-state index contributed by atoms with van der Waals surface area (Å²) in [5.41, 5.74) is 0. The van der Waals surface area contributed by atoms with E-state index in [-0.39, 0.29) is 26.2 Å². The average Bonchev–Trinajstić information content (AvgIpc) is 1.62. The molecule has 9 heteroatoms. The molecule has 0 spiro atoms. The van der Waals surface area contributed by atoms with Gasteiger partial charge in [-0.2, -0.15) is 0 Å². The fourth-order valence-corrected chi connectivity index (χ4v) is 0. The summed E-state index contributed by atoms with van der Waals surface area (Å²) in [5.74, 6) is 0. The van der Waals surface area contributed by atoms with Crippen LogP contribution in [0.1, 0.15) is 0 Å². The first-order chi connectivity index (χ1) is 8.00. The molecule has 0 fully saturated rings. The fourth-order valence-electron chi connectivity index (χ4n) is 0. The normalized spacial score (nSPS) is 11.4. The van der Waals surface area contributed by atoms with Gasteiger partial charge in [-0.3, -0.25) is 0 Å². The van der Waals surface area contributed by atoms with E-state index in [2.05, 4.69) is 0 Å². The van der Waals surface area contributed by atoms with E-state index in [0.29, 0.717) is 0 Å². The van der Waals surface area contributed by atoms with Crippen molar-refractivity contribution in [3.63, 3.8) is 0 Å². The maximum absolute atomic E-state index is 8.66. The number of hydrogen-bond donors (Lipinski definition) is 4. The predicted octanol–water partition coefficient (Wildman–Crippen LogP) is 3.25. The maximum Gasteiger partial charge on any atom is 0.179 e. The summed E-state index contributed by atoms with van der Waals surface area (Å²) >= 11 is 0. The zero-order valence-corrected chi connectivity index (χ0v) is 22.7. The molecule has 0 bridgehead atoms. The van der Waals surface area contributed by atoms with Crippen LogP contribution in [0.25, 0.3) is 0 Å². The van der Waals surface area contributed by atoms with Crippen LogP contribution in [0.4, 0.5) is 0 Å². The zero-order chi connectivity index (χ0) is 18.0. The predicted molar refractivity (Wildman–Crippen MR) is 102 cm³/mol. The van der Waals surface area contributed by atoms with E-state index < -0.39 is 33.3 Å². The second-order valence-corrected chi connectivity index (χ2v) is 26.0. The van der Waals surface area contributed by atoms with Gasteiger partial charge >= 0.3 is 0 Å². The van der Waals surface area contributed by atoms with Gasteiger partial charge in [-0.15, -0.1) is 0 Å². The average molecular weight is 452 g/mol. The molecular formula is C12H40O4Si4Zr. The van der Waals surface area contributed by atoms with E-state index in [4.69, 9.17) is 19.2 Å². The molecule has 0 saturated carbocycles. The molecule has 0 aliphatic heterocycles. The summed E-state index contributed by atoms with van der Waals surface area (Å²) in [5, 5.41) is 0. The van der Waals surface area contributed by atoms with Gasteiger partial charge in [0, 0.05) is 26.2 Å². The van der Waals surface area contributed by atoms with E-state index in [0.717, 1.165) is 0 Å². The molecule has 0 heterocycles. The minimum Gasteiger partial charge on any atom is -0.433 e. The topological polar surface area (TPSA) is 80.9 Å². The second-order valence-electron chi connectivity index (χ2n) is 8.68. The van der Waals surface area contributed by atoms with Crippen LogP contribution in [0.2, 0.25) is 78.6 Å². The molecule has 0 aliphatic rings. The SMILES string of the molecule is C[Si](C)(C)O.C[Si](C)(C)O.C[Si](C)(C)O.C[Si](C)(C)O.[Zr]. The number of rotatable bonds is 0. The molecule has 0 rings (SSSR count). The molecule has 0 aromatic rings. The number of hydrogen-bond acceptors (Lipinski definition) is 4. The summed E-state index contributed by atoms with van der Waals surface area (Å²) in [7, 11) is -6.44. The van der Waals surface area contributed by atoms with E-state index >= 15 is 0 Å². The second kappa shape index (κ2) is 14.0. The first-order valence-corrected chi connectivity index (χ1v) is 20.7. The third-order valence-electron chi connectivity index (χ3n) is 0. The Morgan fingerprint density at radius 1 is 0.333 bits per heavy atom. The Hall–Kier alpha value is 1.59. The van der Waals surface area contributed by atoms with Gasteiger partial charge in [0.15, 0.2) is 33.3 Å². The Labute approximate surface area is 156 Å². The molecular weight excluding hydrogens is 412 g/mol. The monoisotopic (exact) mass is 450 g/mol. The largest absolute Gasteiger partial charge is 0.433 e. The summed E-state index contributed by atoms with van der Waals surface area (Å²) in [6.45, 7) is 22.6. The minimum atomic E-state index is -1.61. The van der Waals surface area contributed by atoms with Gasteiger partial charge in [0.2, 0.25) is 0 Å². The van der Waals surface area contributed by atoms with Crippen molar-refractivity contribution in [3.05, 3.63) is 0 Å².